The molecule has 1 saturated heterocycles. The summed E-state index contributed by atoms with van der Waals surface area (Å²) in [7, 11) is 1.37. The molecule has 9 heteroatoms. The van der Waals surface area contributed by atoms with Gasteiger partial charge in [0.15, 0.2) is 23.1 Å². The largest absolute Gasteiger partial charge is 0.503 e. The molecule has 33 heavy (non-hydrogen) atoms. The molecule has 3 aliphatic carbocycles. The zero-order chi connectivity index (χ0) is 23.8. The van der Waals surface area contributed by atoms with Crippen LogP contribution in [0.4, 0.5) is 0 Å². The first-order valence-electron chi connectivity index (χ1n) is 10.5. The number of aromatic hydroxyl groups is 1. The summed E-state index contributed by atoms with van der Waals surface area (Å²) in [6, 6.07) is 3.06. The normalized spacial score (nSPS) is 28.9. The van der Waals surface area contributed by atoms with Crippen LogP contribution in [0.3, 0.4) is 0 Å². The number of nitrogens with zero attached hydrogens (tertiary/aromatic N) is 1. The zero-order valence-corrected chi connectivity index (χ0v) is 18.5. The van der Waals surface area contributed by atoms with Crippen molar-refractivity contribution in [1.29, 1.82) is 0 Å². The van der Waals surface area contributed by atoms with Gasteiger partial charge in [0.1, 0.15) is 0 Å². The molecule has 2 N–H and O–H groups in total. The van der Waals surface area contributed by atoms with Crippen LogP contribution in [0.2, 0.25) is 5.02 Å². The average Bonchev–Trinajstić information content (AvgIpc) is 3.02. The fraction of sp³-hybridized carbons (Fsp3) is 0.333. The number of ketones is 2. The summed E-state index contributed by atoms with van der Waals surface area (Å²) >= 11 is 6.24. The van der Waals surface area contributed by atoms with Crippen LogP contribution in [-0.2, 0) is 19.2 Å². The van der Waals surface area contributed by atoms with Crippen LogP contribution in [0, 0.1) is 17.8 Å². The number of imide groups is 1. The quantitative estimate of drug-likeness (QED) is 0.295. The maximum Gasteiger partial charge on any atom is 0.257 e. The predicted octanol–water partition coefficient (Wildman–Crippen LogP) is 2.87. The van der Waals surface area contributed by atoms with Crippen LogP contribution >= 0.6 is 11.6 Å². The summed E-state index contributed by atoms with van der Waals surface area (Å²) < 4.78 is 5.24. The van der Waals surface area contributed by atoms with Gasteiger partial charge in [-0.2, -0.15) is 5.06 Å². The lowest BCUT2D eigenvalue weighted by Crippen LogP contribution is -2.39. The molecule has 4 atom stereocenters. The lowest BCUT2D eigenvalue weighted by atomic mass is 9.59. The summed E-state index contributed by atoms with van der Waals surface area (Å²) in [4.78, 5) is 51.5. The van der Waals surface area contributed by atoms with Gasteiger partial charge < -0.3 is 9.84 Å². The Bertz CT molecular complexity index is 1260. The van der Waals surface area contributed by atoms with Crippen molar-refractivity contribution in [2.45, 2.75) is 25.7 Å². The first kappa shape index (κ1) is 21.6. The number of phenols is 1. The third kappa shape index (κ3) is 2.94. The first-order valence-corrected chi connectivity index (χ1v) is 10.9. The summed E-state index contributed by atoms with van der Waals surface area (Å²) in [6.45, 7) is 1.56. The Kier molecular flexibility index (Phi) is 4.84. The highest BCUT2D eigenvalue weighted by atomic mass is 35.5. The van der Waals surface area contributed by atoms with Crippen LogP contribution in [-0.4, -0.2) is 45.9 Å². The number of fused-ring (bicyclic) bond motifs is 3. The summed E-state index contributed by atoms with van der Waals surface area (Å²) in [5.74, 6) is -4.93. The molecule has 1 aliphatic heterocycles. The minimum atomic E-state index is -0.831. The number of halogens is 1. The van der Waals surface area contributed by atoms with E-state index in [0.717, 1.165) is 0 Å². The standard InChI is InChI=1S/C24H20ClNO7/c1-9-5-16(27)20-14(21(9)28)8-13-11(3-4-12-19(13)24(31)26(32)23(12)30)18(20)10-6-15(25)22(29)17(7-10)33-2/h3,5-7,12-13,18-19,29,32H,4,8H2,1-2H3. The second-order valence-corrected chi connectivity index (χ2v) is 9.18. The van der Waals surface area contributed by atoms with Crippen LogP contribution in [0.25, 0.3) is 0 Å². The van der Waals surface area contributed by atoms with Gasteiger partial charge in [-0.1, -0.05) is 23.3 Å². The van der Waals surface area contributed by atoms with Crippen molar-refractivity contribution < 1.29 is 34.2 Å². The van der Waals surface area contributed by atoms with E-state index in [1.165, 1.54) is 19.3 Å². The number of carbonyl (C=O) groups excluding carboxylic acids is 4. The molecule has 0 saturated carbocycles. The Balaban J connectivity index is 1.74. The number of hydroxylamine groups is 2. The number of Topliss-reactive ketones (excluding diaryl/α,β-unsaturated/α-hetero) is 1. The smallest absolute Gasteiger partial charge is 0.257 e. The lowest BCUT2D eigenvalue weighted by Gasteiger charge is -2.42. The topological polar surface area (TPSA) is 121 Å². The monoisotopic (exact) mass is 469 g/mol. The van der Waals surface area contributed by atoms with Gasteiger partial charge in [0.05, 0.1) is 24.0 Å². The number of phenolic OH excluding ortho intramolecular Hbond substituents is 1. The van der Waals surface area contributed by atoms with Gasteiger partial charge in [-0.05, 0) is 49.5 Å². The molecule has 5 rings (SSSR count). The Morgan fingerprint density at radius 2 is 1.85 bits per heavy atom. The number of hydrogen-bond acceptors (Lipinski definition) is 7. The highest BCUT2D eigenvalue weighted by Gasteiger charge is 2.56. The summed E-state index contributed by atoms with van der Waals surface area (Å²) in [5.41, 5.74) is 2.13. The van der Waals surface area contributed by atoms with E-state index < -0.39 is 35.5 Å². The van der Waals surface area contributed by atoms with Gasteiger partial charge in [-0.15, -0.1) is 0 Å². The second-order valence-electron chi connectivity index (χ2n) is 8.77. The fourth-order valence-corrected chi connectivity index (χ4v) is 5.88. The molecular formula is C24H20ClNO7. The van der Waals surface area contributed by atoms with Crippen LogP contribution in [0.1, 0.15) is 31.2 Å². The first-order chi connectivity index (χ1) is 15.6. The zero-order valence-electron chi connectivity index (χ0n) is 17.8. The average molecular weight is 470 g/mol. The Hall–Kier alpha value is -3.23. The molecule has 1 aromatic rings. The van der Waals surface area contributed by atoms with Crippen molar-refractivity contribution in [3.05, 3.63) is 57.2 Å². The van der Waals surface area contributed by atoms with Crippen molar-refractivity contribution in [1.82, 2.24) is 5.06 Å². The van der Waals surface area contributed by atoms with E-state index in [2.05, 4.69) is 0 Å². The van der Waals surface area contributed by atoms with Crippen molar-refractivity contribution >= 4 is 35.0 Å². The maximum atomic E-state index is 13.1. The van der Waals surface area contributed by atoms with Gasteiger partial charge in [-0.3, -0.25) is 24.4 Å². The number of methoxy groups -OCH3 is 1. The van der Waals surface area contributed by atoms with Crippen LogP contribution in [0.5, 0.6) is 11.5 Å². The molecule has 0 bridgehead atoms. The maximum absolute atomic E-state index is 13.1. The van der Waals surface area contributed by atoms with Gasteiger partial charge in [-0.25, -0.2) is 0 Å². The van der Waals surface area contributed by atoms with E-state index in [0.29, 0.717) is 27.9 Å². The molecule has 4 aliphatic rings. The summed E-state index contributed by atoms with van der Waals surface area (Å²) in [5, 5.41) is 20.4. The van der Waals surface area contributed by atoms with E-state index in [1.54, 1.807) is 13.0 Å². The molecule has 170 valence electrons. The van der Waals surface area contributed by atoms with E-state index in [-0.39, 0.29) is 46.0 Å². The van der Waals surface area contributed by atoms with E-state index >= 15 is 0 Å². The number of hydrogen-bond donors (Lipinski definition) is 2. The Labute approximate surface area is 193 Å². The van der Waals surface area contributed by atoms with Crippen molar-refractivity contribution in [3.8, 4) is 11.5 Å². The minimum absolute atomic E-state index is 0.0119. The molecule has 0 spiro atoms. The van der Waals surface area contributed by atoms with E-state index in [9.17, 15) is 29.5 Å². The van der Waals surface area contributed by atoms with Crippen molar-refractivity contribution in [3.63, 3.8) is 0 Å². The summed E-state index contributed by atoms with van der Waals surface area (Å²) in [6.07, 6.45) is 3.46. The number of ether oxygens (including phenoxy) is 1. The van der Waals surface area contributed by atoms with Crippen molar-refractivity contribution in [2.75, 3.05) is 7.11 Å². The molecule has 0 radical (unpaired) electrons. The highest BCUT2D eigenvalue weighted by Crippen LogP contribution is 2.55. The molecule has 1 aromatic carbocycles. The molecule has 2 amide bonds. The number of amides is 2. The van der Waals surface area contributed by atoms with Gasteiger partial charge >= 0.3 is 0 Å². The number of allylic oxidation sites excluding steroid dienone is 6. The molecule has 1 fully saturated rings. The van der Waals surface area contributed by atoms with Crippen molar-refractivity contribution in [2.24, 2.45) is 17.8 Å². The predicted molar refractivity (Wildman–Crippen MR) is 115 cm³/mol. The second kappa shape index (κ2) is 7.40. The molecule has 0 aromatic heterocycles. The van der Waals surface area contributed by atoms with Crippen LogP contribution < -0.4 is 4.74 Å². The van der Waals surface area contributed by atoms with Gasteiger partial charge in [0, 0.05) is 22.6 Å². The third-order valence-electron chi connectivity index (χ3n) is 7.14. The highest BCUT2D eigenvalue weighted by molar-refractivity contribution is 6.32. The number of rotatable bonds is 2. The number of carbonyl (C=O) groups is 4. The molecule has 1 heterocycles. The lowest BCUT2D eigenvalue weighted by molar-refractivity contribution is -0.173. The van der Waals surface area contributed by atoms with Gasteiger partial charge in [0.2, 0.25) is 0 Å². The third-order valence-corrected chi connectivity index (χ3v) is 7.43. The van der Waals surface area contributed by atoms with Gasteiger partial charge in [0.25, 0.3) is 11.8 Å². The fourth-order valence-electron chi connectivity index (χ4n) is 5.66. The van der Waals surface area contributed by atoms with Crippen LogP contribution in [0.15, 0.2) is 46.6 Å². The minimum Gasteiger partial charge on any atom is -0.503 e. The number of benzene rings is 1. The molecular weight excluding hydrogens is 450 g/mol. The Morgan fingerprint density at radius 1 is 1.12 bits per heavy atom. The molecule has 4 unspecified atom stereocenters. The Morgan fingerprint density at radius 3 is 2.55 bits per heavy atom. The van der Waals surface area contributed by atoms with E-state index in [1.807, 2.05) is 6.08 Å². The molecule has 8 nitrogen and oxygen atoms in total. The SMILES string of the molecule is COc1cc(C2C3=CCC4C(=O)N(O)C(=O)C4C3CC3=C2C(=O)C=C(C)C3=O)cc(Cl)c1O. The van der Waals surface area contributed by atoms with E-state index in [4.69, 9.17) is 16.3 Å².